The van der Waals surface area contributed by atoms with Crippen LogP contribution in [-0.2, 0) is 6.54 Å². The molecule has 4 aromatic rings. The normalized spacial score (nSPS) is 10.7. The third-order valence-corrected chi connectivity index (χ3v) is 3.95. The molecule has 0 saturated carbocycles. The number of amides is 1. The molecular formula is C20H16N4O. The van der Waals surface area contributed by atoms with Crippen LogP contribution in [0.3, 0.4) is 0 Å². The maximum Gasteiger partial charge on any atom is 0.277 e. The summed E-state index contributed by atoms with van der Waals surface area (Å²) in [7, 11) is 0. The van der Waals surface area contributed by atoms with Crippen molar-refractivity contribution in [1.29, 1.82) is 0 Å². The summed E-state index contributed by atoms with van der Waals surface area (Å²) < 4.78 is 1.86. The lowest BCUT2D eigenvalue weighted by Gasteiger charge is -2.03. The van der Waals surface area contributed by atoms with Gasteiger partial charge in [0.25, 0.3) is 5.91 Å². The average Bonchev–Trinajstić information content (AvgIpc) is 3.02. The SMILES string of the molecule is O=C(Nc1ccccn1)c1nn(Cc2ccccc2)c2ccccc12. The third kappa shape index (κ3) is 3.12. The van der Waals surface area contributed by atoms with E-state index in [1.54, 1.807) is 18.3 Å². The van der Waals surface area contributed by atoms with Crippen LogP contribution >= 0.6 is 0 Å². The molecule has 2 aromatic heterocycles. The van der Waals surface area contributed by atoms with E-state index in [-0.39, 0.29) is 5.91 Å². The lowest BCUT2D eigenvalue weighted by atomic mass is 10.2. The average molecular weight is 328 g/mol. The number of pyridine rings is 1. The zero-order valence-corrected chi connectivity index (χ0v) is 13.5. The molecule has 0 bridgehead atoms. The standard InChI is InChI=1S/C20H16N4O/c25-20(22-18-12-6-7-13-21-18)19-16-10-4-5-11-17(16)24(23-19)14-15-8-2-1-3-9-15/h1-13H,14H2,(H,21,22,25). The number of fused-ring (bicyclic) bond motifs is 1. The second kappa shape index (κ2) is 6.57. The molecule has 122 valence electrons. The fourth-order valence-electron chi connectivity index (χ4n) is 2.78. The highest BCUT2D eigenvalue weighted by atomic mass is 16.2. The second-order valence-corrected chi connectivity index (χ2v) is 5.68. The number of carbonyl (C=O) groups is 1. The van der Waals surface area contributed by atoms with Crippen LogP contribution in [-0.4, -0.2) is 20.7 Å². The van der Waals surface area contributed by atoms with Gasteiger partial charge in [-0.3, -0.25) is 9.48 Å². The molecule has 0 aliphatic rings. The van der Waals surface area contributed by atoms with Crippen molar-refractivity contribution in [2.75, 3.05) is 5.32 Å². The fourth-order valence-corrected chi connectivity index (χ4v) is 2.78. The van der Waals surface area contributed by atoms with Crippen molar-refractivity contribution >= 4 is 22.6 Å². The van der Waals surface area contributed by atoms with Crippen molar-refractivity contribution in [3.63, 3.8) is 0 Å². The predicted octanol–water partition coefficient (Wildman–Crippen LogP) is 3.73. The lowest BCUT2D eigenvalue weighted by molar-refractivity contribution is 0.102. The van der Waals surface area contributed by atoms with E-state index in [1.807, 2.05) is 65.3 Å². The molecule has 0 spiro atoms. The van der Waals surface area contributed by atoms with Gasteiger partial charge in [-0.05, 0) is 23.8 Å². The number of hydrogen-bond acceptors (Lipinski definition) is 3. The zero-order valence-electron chi connectivity index (χ0n) is 13.5. The molecule has 5 heteroatoms. The Kier molecular flexibility index (Phi) is 3.96. The van der Waals surface area contributed by atoms with E-state index in [2.05, 4.69) is 15.4 Å². The number of carbonyl (C=O) groups excluding carboxylic acids is 1. The first-order valence-corrected chi connectivity index (χ1v) is 8.03. The number of benzene rings is 2. The van der Waals surface area contributed by atoms with E-state index in [9.17, 15) is 4.79 Å². The summed E-state index contributed by atoms with van der Waals surface area (Å²) in [6.45, 7) is 0.609. The van der Waals surface area contributed by atoms with Gasteiger partial charge in [-0.15, -0.1) is 0 Å². The number of nitrogens with one attached hydrogen (secondary N) is 1. The quantitative estimate of drug-likeness (QED) is 0.621. The number of hydrogen-bond donors (Lipinski definition) is 1. The number of para-hydroxylation sites is 1. The molecule has 0 radical (unpaired) electrons. The van der Waals surface area contributed by atoms with E-state index in [0.29, 0.717) is 18.1 Å². The summed E-state index contributed by atoms with van der Waals surface area (Å²) in [5.41, 5.74) is 2.46. The van der Waals surface area contributed by atoms with Gasteiger partial charge in [-0.1, -0.05) is 54.6 Å². The van der Waals surface area contributed by atoms with Crippen molar-refractivity contribution < 1.29 is 4.79 Å². The first-order chi connectivity index (χ1) is 12.3. The highest BCUT2D eigenvalue weighted by Gasteiger charge is 2.17. The van der Waals surface area contributed by atoms with Gasteiger partial charge in [0.15, 0.2) is 5.69 Å². The molecule has 0 fully saturated rings. The van der Waals surface area contributed by atoms with Crippen LogP contribution in [0.4, 0.5) is 5.82 Å². The predicted molar refractivity (Wildman–Crippen MR) is 97.5 cm³/mol. The highest BCUT2D eigenvalue weighted by Crippen LogP contribution is 2.20. The van der Waals surface area contributed by atoms with Crippen molar-refractivity contribution in [3.05, 3.63) is 90.3 Å². The van der Waals surface area contributed by atoms with Crippen molar-refractivity contribution in [3.8, 4) is 0 Å². The third-order valence-electron chi connectivity index (χ3n) is 3.95. The van der Waals surface area contributed by atoms with Crippen LogP contribution < -0.4 is 5.32 Å². The van der Waals surface area contributed by atoms with Gasteiger partial charge in [-0.25, -0.2) is 4.98 Å². The molecule has 0 unspecified atom stereocenters. The summed E-state index contributed by atoms with van der Waals surface area (Å²) >= 11 is 0. The molecule has 2 heterocycles. The van der Waals surface area contributed by atoms with Crippen LogP contribution in [0.5, 0.6) is 0 Å². The fraction of sp³-hybridized carbons (Fsp3) is 0.0500. The number of rotatable bonds is 4. The van der Waals surface area contributed by atoms with Gasteiger partial charge < -0.3 is 5.32 Å². The minimum Gasteiger partial charge on any atom is -0.305 e. The Balaban J connectivity index is 1.71. The Morgan fingerprint density at radius 2 is 1.68 bits per heavy atom. The van der Waals surface area contributed by atoms with Gasteiger partial charge in [0, 0.05) is 11.6 Å². The lowest BCUT2D eigenvalue weighted by Crippen LogP contribution is -2.14. The number of aromatic nitrogens is 3. The molecule has 4 rings (SSSR count). The summed E-state index contributed by atoms with van der Waals surface area (Å²) in [6.07, 6.45) is 1.64. The minimum absolute atomic E-state index is 0.262. The van der Waals surface area contributed by atoms with E-state index in [0.717, 1.165) is 16.5 Å². The second-order valence-electron chi connectivity index (χ2n) is 5.68. The molecule has 0 atom stereocenters. The van der Waals surface area contributed by atoms with Gasteiger partial charge in [0.05, 0.1) is 12.1 Å². The van der Waals surface area contributed by atoms with E-state index in [4.69, 9.17) is 0 Å². The summed E-state index contributed by atoms with van der Waals surface area (Å²) in [5, 5.41) is 8.19. The van der Waals surface area contributed by atoms with Crippen LogP contribution in [0, 0.1) is 0 Å². The van der Waals surface area contributed by atoms with Crippen LogP contribution in [0.2, 0.25) is 0 Å². The minimum atomic E-state index is -0.262. The highest BCUT2D eigenvalue weighted by molar-refractivity contribution is 6.10. The van der Waals surface area contributed by atoms with Gasteiger partial charge >= 0.3 is 0 Å². The van der Waals surface area contributed by atoms with Gasteiger partial charge in [-0.2, -0.15) is 5.10 Å². The van der Waals surface area contributed by atoms with Gasteiger partial charge in [0.1, 0.15) is 5.82 Å². The molecule has 2 aromatic carbocycles. The Morgan fingerprint density at radius 1 is 0.920 bits per heavy atom. The smallest absolute Gasteiger partial charge is 0.277 e. The maximum atomic E-state index is 12.7. The van der Waals surface area contributed by atoms with E-state index >= 15 is 0 Å². The summed E-state index contributed by atoms with van der Waals surface area (Å²) in [5.74, 6) is 0.246. The number of nitrogens with zero attached hydrogens (tertiary/aromatic N) is 3. The Hall–Kier alpha value is -3.47. The molecule has 0 aliphatic heterocycles. The van der Waals surface area contributed by atoms with Crippen molar-refractivity contribution in [2.24, 2.45) is 0 Å². The zero-order chi connectivity index (χ0) is 17.1. The summed E-state index contributed by atoms with van der Waals surface area (Å²) in [4.78, 5) is 16.8. The van der Waals surface area contributed by atoms with E-state index in [1.165, 1.54) is 0 Å². The molecular weight excluding hydrogens is 312 g/mol. The van der Waals surface area contributed by atoms with Crippen LogP contribution in [0.15, 0.2) is 79.0 Å². The molecule has 1 amide bonds. The first kappa shape index (κ1) is 15.1. The van der Waals surface area contributed by atoms with Crippen molar-refractivity contribution in [1.82, 2.24) is 14.8 Å². The monoisotopic (exact) mass is 328 g/mol. The Morgan fingerprint density at radius 3 is 2.48 bits per heavy atom. The molecule has 1 N–H and O–H groups in total. The van der Waals surface area contributed by atoms with Crippen molar-refractivity contribution in [2.45, 2.75) is 6.54 Å². The maximum absolute atomic E-state index is 12.7. The molecule has 0 aliphatic carbocycles. The molecule has 5 nitrogen and oxygen atoms in total. The topological polar surface area (TPSA) is 59.8 Å². The van der Waals surface area contributed by atoms with Crippen LogP contribution in [0.1, 0.15) is 16.1 Å². The Bertz CT molecular complexity index is 1010. The number of anilines is 1. The largest absolute Gasteiger partial charge is 0.305 e. The Labute approximate surface area is 144 Å². The van der Waals surface area contributed by atoms with Gasteiger partial charge in [0.2, 0.25) is 0 Å². The molecule has 25 heavy (non-hydrogen) atoms. The summed E-state index contributed by atoms with van der Waals surface area (Å²) in [6, 6.07) is 23.2. The van der Waals surface area contributed by atoms with Crippen LogP contribution in [0.25, 0.3) is 10.9 Å². The first-order valence-electron chi connectivity index (χ1n) is 8.03. The van der Waals surface area contributed by atoms with E-state index < -0.39 is 0 Å². The molecule has 0 saturated heterocycles.